The van der Waals surface area contributed by atoms with Crippen molar-refractivity contribution >= 4 is 27.8 Å². The third-order valence-electron chi connectivity index (χ3n) is 4.21. The number of ether oxygens (including phenoxy) is 2. The lowest BCUT2D eigenvalue weighted by molar-refractivity contribution is 0.0476. The number of esters is 1. The second-order valence-electron chi connectivity index (χ2n) is 5.78. The van der Waals surface area contributed by atoms with E-state index in [0.29, 0.717) is 27.8 Å². The molecule has 6 heteroatoms. The molecule has 0 fully saturated rings. The first-order chi connectivity index (χ1) is 12.7. The minimum Gasteiger partial charge on any atom is -0.497 e. The Hall–Kier alpha value is -3.54. The van der Waals surface area contributed by atoms with Crippen molar-refractivity contribution in [3.05, 3.63) is 76.3 Å². The number of benzene rings is 2. The van der Waals surface area contributed by atoms with Crippen LogP contribution < -0.4 is 10.4 Å². The highest BCUT2D eigenvalue weighted by atomic mass is 16.5. The van der Waals surface area contributed by atoms with Gasteiger partial charge in [-0.3, -0.25) is 0 Å². The molecule has 0 saturated heterocycles. The van der Waals surface area contributed by atoms with Crippen LogP contribution >= 0.6 is 0 Å². The molecule has 0 aliphatic carbocycles. The minimum absolute atomic E-state index is 0.0350. The van der Waals surface area contributed by atoms with Gasteiger partial charge in [-0.25, -0.2) is 9.59 Å². The molecule has 2 aromatic heterocycles. The average molecular weight is 349 g/mol. The lowest BCUT2D eigenvalue weighted by atomic mass is 10.1. The van der Waals surface area contributed by atoms with Crippen LogP contribution in [0.25, 0.3) is 21.9 Å². The van der Waals surface area contributed by atoms with E-state index in [1.54, 1.807) is 24.4 Å². The zero-order valence-electron chi connectivity index (χ0n) is 13.9. The van der Waals surface area contributed by atoms with Crippen LogP contribution in [0.3, 0.4) is 0 Å². The topological polar surface area (TPSA) is 81.5 Å². The van der Waals surface area contributed by atoms with E-state index >= 15 is 0 Å². The Bertz CT molecular complexity index is 1170. The maximum Gasteiger partial charge on any atom is 0.340 e. The van der Waals surface area contributed by atoms with Gasteiger partial charge < -0.3 is 18.9 Å². The van der Waals surface area contributed by atoms with Crippen molar-refractivity contribution in [1.29, 1.82) is 0 Å². The van der Waals surface area contributed by atoms with Crippen LogP contribution in [0.1, 0.15) is 15.9 Å². The fourth-order valence-electron chi connectivity index (χ4n) is 2.92. The highest BCUT2D eigenvalue weighted by Gasteiger charge is 2.15. The lowest BCUT2D eigenvalue weighted by Crippen LogP contribution is -2.07. The van der Waals surface area contributed by atoms with Crippen LogP contribution in [0.4, 0.5) is 0 Å². The second kappa shape index (κ2) is 6.40. The Balaban J connectivity index is 1.63. The van der Waals surface area contributed by atoms with Crippen molar-refractivity contribution in [2.24, 2.45) is 0 Å². The Kier molecular flexibility index (Phi) is 3.93. The van der Waals surface area contributed by atoms with E-state index in [1.807, 2.05) is 24.3 Å². The largest absolute Gasteiger partial charge is 0.497 e. The van der Waals surface area contributed by atoms with Gasteiger partial charge in [0.2, 0.25) is 0 Å². The molecule has 0 bridgehead atoms. The normalized spacial score (nSPS) is 11.0. The maximum absolute atomic E-state index is 12.5. The molecule has 0 aliphatic rings. The van der Waals surface area contributed by atoms with Gasteiger partial charge in [-0.2, -0.15) is 0 Å². The molecule has 4 aromatic rings. The summed E-state index contributed by atoms with van der Waals surface area (Å²) in [6.45, 7) is -0.0350. The molecule has 0 radical (unpaired) electrons. The minimum atomic E-state index is -0.510. The summed E-state index contributed by atoms with van der Waals surface area (Å²) < 4.78 is 15.8. The highest BCUT2D eigenvalue weighted by molar-refractivity contribution is 6.04. The van der Waals surface area contributed by atoms with Crippen LogP contribution in [-0.4, -0.2) is 18.1 Å². The standard InChI is InChI=1S/C20H15NO5/c1-24-13-6-7-14-12(8-19(22)26-18(14)9-13)11-25-20(23)16-10-21-17-5-3-2-4-15(16)17/h2-10,21H,11H2,1H3. The number of hydrogen-bond acceptors (Lipinski definition) is 5. The van der Waals surface area contributed by atoms with E-state index in [2.05, 4.69) is 4.98 Å². The third kappa shape index (κ3) is 2.82. The predicted molar refractivity (Wildman–Crippen MR) is 96.5 cm³/mol. The van der Waals surface area contributed by atoms with Crippen LogP contribution in [0.15, 0.2) is 63.9 Å². The summed E-state index contributed by atoms with van der Waals surface area (Å²) in [7, 11) is 1.53. The number of rotatable bonds is 4. The number of nitrogens with one attached hydrogen (secondary N) is 1. The fraction of sp³-hybridized carbons (Fsp3) is 0.100. The van der Waals surface area contributed by atoms with Crippen molar-refractivity contribution in [3.8, 4) is 5.75 Å². The van der Waals surface area contributed by atoms with Crippen LogP contribution in [-0.2, 0) is 11.3 Å². The van der Waals surface area contributed by atoms with Crippen molar-refractivity contribution in [3.63, 3.8) is 0 Å². The molecule has 26 heavy (non-hydrogen) atoms. The third-order valence-corrected chi connectivity index (χ3v) is 4.21. The molecule has 0 atom stereocenters. The van der Waals surface area contributed by atoms with Gasteiger partial charge in [0.25, 0.3) is 0 Å². The van der Waals surface area contributed by atoms with Crippen molar-refractivity contribution in [2.75, 3.05) is 7.11 Å². The summed E-state index contributed by atoms with van der Waals surface area (Å²) in [5.41, 5.74) is 1.76. The van der Waals surface area contributed by atoms with Crippen molar-refractivity contribution in [1.82, 2.24) is 4.98 Å². The van der Waals surface area contributed by atoms with Gasteiger partial charge in [0.15, 0.2) is 0 Å². The molecule has 2 aromatic carbocycles. The smallest absolute Gasteiger partial charge is 0.340 e. The molecular weight excluding hydrogens is 334 g/mol. The van der Waals surface area contributed by atoms with Crippen LogP contribution in [0, 0.1) is 0 Å². The van der Waals surface area contributed by atoms with Crippen molar-refractivity contribution in [2.45, 2.75) is 6.61 Å². The van der Waals surface area contributed by atoms with Crippen LogP contribution in [0.5, 0.6) is 5.75 Å². The van der Waals surface area contributed by atoms with Gasteiger partial charge in [0.1, 0.15) is 17.9 Å². The summed E-state index contributed by atoms with van der Waals surface area (Å²) in [6.07, 6.45) is 1.62. The number of aromatic nitrogens is 1. The molecule has 2 heterocycles. The molecule has 0 aliphatic heterocycles. The maximum atomic E-state index is 12.5. The second-order valence-corrected chi connectivity index (χ2v) is 5.78. The number of aromatic amines is 1. The van der Waals surface area contributed by atoms with Crippen LogP contribution in [0.2, 0.25) is 0 Å². The molecule has 130 valence electrons. The number of carbonyl (C=O) groups excluding carboxylic acids is 1. The summed E-state index contributed by atoms with van der Waals surface area (Å²) >= 11 is 0. The Morgan fingerprint density at radius 1 is 1.12 bits per heavy atom. The number of hydrogen-bond donors (Lipinski definition) is 1. The number of para-hydroxylation sites is 1. The van der Waals surface area contributed by atoms with Gasteiger partial charge in [-0.15, -0.1) is 0 Å². The van der Waals surface area contributed by atoms with Gasteiger partial charge >= 0.3 is 11.6 Å². The monoisotopic (exact) mass is 349 g/mol. The SMILES string of the molecule is COc1ccc2c(COC(=O)c3c[nH]c4ccccc34)cc(=O)oc2c1. The summed E-state index contributed by atoms with van der Waals surface area (Å²) in [5, 5.41) is 1.48. The Morgan fingerprint density at radius 2 is 1.96 bits per heavy atom. The zero-order chi connectivity index (χ0) is 18.1. The zero-order valence-corrected chi connectivity index (χ0v) is 13.9. The number of carbonyl (C=O) groups is 1. The van der Waals surface area contributed by atoms with E-state index in [-0.39, 0.29) is 6.61 Å². The van der Waals surface area contributed by atoms with E-state index in [1.165, 1.54) is 13.2 Å². The van der Waals surface area contributed by atoms with E-state index in [9.17, 15) is 9.59 Å². The first-order valence-corrected chi connectivity index (χ1v) is 8.00. The quantitative estimate of drug-likeness (QED) is 0.449. The van der Waals surface area contributed by atoms with Gasteiger partial charge in [0, 0.05) is 40.2 Å². The molecule has 0 unspecified atom stereocenters. The average Bonchev–Trinajstić information content (AvgIpc) is 3.09. The van der Waals surface area contributed by atoms with E-state index < -0.39 is 11.6 Å². The van der Waals surface area contributed by atoms with Gasteiger partial charge in [0.05, 0.1) is 12.7 Å². The number of H-pyrrole nitrogens is 1. The Morgan fingerprint density at radius 3 is 2.81 bits per heavy atom. The summed E-state index contributed by atoms with van der Waals surface area (Å²) in [4.78, 5) is 27.3. The van der Waals surface area contributed by atoms with E-state index in [4.69, 9.17) is 13.9 Å². The molecule has 6 nitrogen and oxygen atoms in total. The molecule has 1 N–H and O–H groups in total. The summed E-state index contributed by atoms with van der Waals surface area (Å²) in [6, 6.07) is 14.0. The van der Waals surface area contributed by atoms with Crippen molar-refractivity contribution < 1.29 is 18.7 Å². The fourth-order valence-corrected chi connectivity index (χ4v) is 2.92. The Labute approximate surface area is 148 Å². The molecular formula is C20H15NO5. The predicted octanol–water partition coefficient (Wildman–Crippen LogP) is 3.64. The molecule has 0 amide bonds. The molecule has 0 spiro atoms. The highest BCUT2D eigenvalue weighted by Crippen LogP contribution is 2.24. The lowest BCUT2D eigenvalue weighted by Gasteiger charge is -2.08. The molecule has 0 saturated carbocycles. The van der Waals surface area contributed by atoms with E-state index in [0.717, 1.165) is 10.9 Å². The number of methoxy groups -OCH3 is 1. The number of fused-ring (bicyclic) bond motifs is 2. The van der Waals surface area contributed by atoms with Gasteiger partial charge in [-0.1, -0.05) is 18.2 Å². The van der Waals surface area contributed by atoms with Gasteiger partial charge in [-0.05, 0) is 18.2 Å². The molecule has 4 rings (SSSR count). The first kappa shape index (κ1) is 16.0. The summed E-state index contributed by atoms with van der Waals surface area (Å²) in [5.74, 6) is 0.117. The first-order valence-electron chi connectivity index (χ1n) is 8.00.